The molecule has 0 aliphatic carbocycles. The van der Waals surface area contributed by atoms with E-state index in [-0.39, 0.29) is 0 Å². The van der Waals surface area contributed by atoms with Crippen molar-refractivity contribution < 1.29 is 4.74 Å². The lowest BCUT2D eigenvalue weighted by Crippen LogP contribution is -2.19. The van der Waals surface area contributed by atoms with Gasteiger partial charge in [0.2, 0.25) is 0 Å². The van der Waals surface area contributed by atoms with Gasteiger partial charge >= 0.3 is 0 Å². The van der Waals surface area contributed by atoms with Crippen molar-refractivity contribution in [3.8, 4) is 0 Å². The number of pyridine rings is 1. The highest BCUT2D eigenvalue weighted by Gasteiger charge is 2.26. The molecule has 0 saturated carbocycles. The van der Waals surface area contributed by atoms with Crippen molar-refractivity contribution in [3.05, 3.63) is 23.7 Å². The average molecular weight is 294 g/mol. The van der Waals surface area contributed by atoms with E-state index in [0.717, 1.165) is 43.0 Å². The van der Waals surface area contributed by atoms with Crippen LogP contribution >= 0.6 is 11.6 Å². The topological polar surface area (TPSA) is 39.9 Å². The zero-order valence-corrected chi connectivity index (χ0v) is 12.7. The second kappa shape index (κ2) is 5.70. The molecule has 2 atom stereocenters. The lowest BCUT2D eigenvalue weighted by atomic mass is 10.0. The summed E-state index contributed by atoms with van der Waals surface area (Å²) in [6.45, 7) is 6.00. The number of ether oxygens (including phenoxy) is 1. The van der Waals surface area contributed by atoms with Crippen molar-refractivity contribution in [3.63, 3.8) is 0 Å². The molecule has 4 nitrogen and oxygen atoms in total. The maximum absolute atomic E-state index is 5.92. The van der Waals surface area contributed by atoms with Crippen LogP contribution in [0.5, 0.6) is 0 Å². The molecule has 1 aliphatic heterocycles. The van der Waals surface area contributed by atoms with Crippen LogP contribution in [-0.2, 0) is 17.7 Å². The van der Waals surface area contributed by atoms with Crippen molar-refractivity contribution in [1.29, 1.82) is 0 Å². The van der Waals surface area contributed by atoms with Crippen LogP contribution in [0.1, 0.15) is 24.7 Å². The Bertz CT molecular complexity index is 610. The van der Waals surface area contributed by atoms with Crippen LogP contribution in [0.3, 0.4) is 0 Å². The number of imidazole rings is 1. The summed E-state index contributed by atoms with van der Waals surface area (Å²) in [7, 11) is 0. The largest absolute Gasteiger partial charge is 0.378 e. The molecule has 2 aromatic heterocycles. The van der Waals surface area contributed by atoms with E-state index >= 15 is 0 Å². The van der Waals surface area contributed by atoms with E-state index in [0.29, 0.717) is 17.9 Å². The van der Waals surface area contributed by atoms with E-state index in [4.69, 9.17) is 21.3 Å². The van der Waals surface area contributed by atoms with Gasteiger partial charge in [-0.25, -0.2) is 9.97 Å². The van der Waals surface area contributed by atoms with Crippen LogP contribution in [0.25, 0.3) is 11.2 Å². The number of fused-ring (bicyclic) bond motifs is 1. The Kier molecular flexibility index (Phi) is 3.94. The summed E-state index contributed by atoms with van der Waals surface area (Å²) in [5, 5.41) is 0. The molecule has 0 spiro atoms. The first-order valence-corrected chi connectivity index (χ1v) is 7.72. The molecular weight excluding hydrogens is 274 g/mol. The number of hydrogen-bond donors (Lipinski definition) is 0. The highest BCUT2D eigenvalue weighted by atomic mass is 35.5. The highest BCUT2D eigenvalue weighted by molar-refractivity contribution is 6.17. The van der Waals surface area contributed by atoms with E-state index in [1.54, 1.807) is 0 Å². The zero-order chi connectivity index (χ0) is 14.1. The molecule has 1 saturated heterocycles. The van der Waals surface area contributed by atoms with Crippen LogP contribution in [0.4, 0.5) is 0 Å². The molecule has 3 rings (SSSR count). The number of alkyl halides is 1. The lowest BCUT2D eigenvalue weighted by Gasteiger charge is -2.16. The van der Waals surface area contributed by atoms with Gasteiger partial charge in [0.05, 0.1) is 6.10 Å². The standard InChI is InChI=1S/C15H20ClN3O/c1-10-4-7-17-15-14(10)18-13(3-6-16)19(15)9-12-5-8-20-11(12)2/h4,7,11-12H,3,5-6,8-9H2,1-2H3. The van der Waals surface area contributed by atoms with Crippen molar-refractivity contribution in [2.75, 3.05) is 12.5 Å². The Morgan fingerprint density at radius 3 is 3.05 bits per heavy atom. The Morgan fingerprint density at radius 2 is 2.35 bits per heavy atom. The Morgan fingerprint density at radius 1 is 1.50 bits per heavy atom. The van der Waals surface area contributed by atoms with Crippen molar-refractivity contribution >= 4 is 22.8 Å². The fourth-order valence-corrected chi connectivity index (χ4v) is 3.07. The van der Waals surface area contributed by atoms with Gasteiger partial charge in [0.25, 0.3) is 0 Å². The number of aromatic nitrogens is 3. The van der Waals surface area contributed by atoms with Gasteiger partial charge in [-0.15, -0.1) is 11.6 Å². The van der Waals surface area contributed by atoms with Gasteiger partial charge in [0.15, 0.2) is 5.65 Å². The number of aryl methyl sites for hydroxylation is 2. The predicted molar refractivity (Wildman–Crippen MR) is 80.2 cm³/mol. The molecule has 3 heterocycles. The van der Waals surface area contributed by atoms with Gasteiger partial charge < -0.3 is 9.30 Å². The van der Waals surface area contributed by atoms with Crippen LogP contribution in [-0.4, -0.2) is 33.1 Å². The third-order valence-electron chi connectivity index (χ3n) is 4.18. The lowest BCUT2D eigenvalue weighted by molar-refractivity contribution is 0.102. The number of halogens is 1. The molecule has 0 radical (unpaired) electrons. The third kappa shape index (κ3) is 2.42. The summed E-state index contributed by atoms with van der Waals surface area (Å²) in [4.78, 5) is 9.27. The first-order chi connectivity index (χ1) is 9.70. The number of nitrogens with zero attached hydrogens (tertiary/aromatic N) is 3. The van der Waals surface area contributed by atoms with Crippen LogP contribution in [0, 0.1) is 12.8 Å². The first kappa shape index (κ1) is 13.8. The van der Waals surface area contributed by atoms with Gasteiger partial charge in [-0.1, -0.05) is 0 Å². The van der Waals surface area contributed by atoms with Gasteiger partial charge in [-0.2, -0.15) is 0 Å². The van der Waals surface area contributed by atoms with Gasteiger partial charge in [0, 0.05) is 37.6 Å². The van der Waals surface area contributed by atoms with E-state index in [1.165, 1.54) is 5.56 Å². The Labute approximate surface area is 124 Å². The summed E-state index contributed by atoms with van der Waals surface area (Å²) < 4.78 is 7.91. The minimum atomic E-state index is 0.307. The second-order valence-corrected chi connectivity index (χ2v) is 5.88. The SMILES string of the molecule is Cc1ccnc2c1nc(CCCl)n2CC1CCOC1C. The summed E-state index contributed by atoms with van der Waals surface area (Å²) in [6.07, 6.45) is 4.04. The molecule has 1 aliphatic rings. The summed E-state index contributed by atoms with van der Waals surface area (Å²) in [6, 6.07) is 2.01. The maximum atomic E-state index is 5.92. The number of hydrogen-bond acceptors (Lipinski definition) is 3. The van der Waals surface area contributed by atoms with Crippen molar-refractivity contribution in [1.82, 2.24) is 14.5 Å². The van der Waals surface area contributed by atoms with Gasteiger partial charge in [-0.05, 0) is 31.9 Å². The van der Waals surface area contributed by atoms with Crippen LogP contribution in [0.15, 0.2) is 12.3 Å². The third-order valence-corrected chi connectivity index (χ3v) is 4.37. The highest BCUT2D eigenvalue weighted by Crippen LogP contribution is 2.26. The fraction of sp³-hybridized carbons (Fsp3) is 0.600. The molecule has 0 amide bonds. The zero-order valence-electron chi connectivity index (χ0n) is 12.0. The van der Waals surface area contributed by atoms with E-state index in [9.17, 15) is 0 Å². The molecule has 0 bridgehead atoms. The molecule has 20 heavy (non-hydrogen) atoms. The Hall–Kier alpha value is -1.13. The maximum Gasteiger partial charge on any atom is 0.160 e. The molecule has 108 valence electrons. The monoisotopic (exact) mass is 293 g/mol. The summed E-state index contributed by atoms with van der Waals surface area (Å²) in [5.41, 5.74) is 3.14. The molecule has 1 fully saturated rings. The minimum Gasteiger partial charge on any atom is -0.378 e. The normalized spacial score (nSPS) is 22.8. The van der Waals surface area contributed by atoms with E-state index < -0.39 is 0 Å². The van der Waals surface area contributed by atoms with Crippen LogP contribution in [0.2, 0.25) is 0 Å². The van der Waals surface area contributed by atoms with Crippen molar-refractivity contribution in [2.45, 2.75) is 39.3 Å². The Balaban J connectivity index is 2.02. The summed E-state index contributed by atoms with van der Waals surface area (Å²) >= 11 is 5.92. The number of rotatable bonds is 4. The van der Waals surface area contributed by atoms with E-state index in [1.807, 2.05) is 12.3 Å². The quantitative estimate of drug-likeness (QED) is 0.814. The molecule has 0 aromatic carbocycles. The van der Waals surface area contributed by atoms with E-state index in [2.05, 4.69) is 23.4 Å². The van der Waals surface area contributed by atoms with Crippen LogP contribution < -0.4 is 0 Å². The second-order valence-electron chi connectivity index (χ2n) is 5.50. The molecule has 2 unspecified atom stereocenters. The molecule has 0 N–H and O–H groups in total. The molecule has 5 heteroatoms. The van der Waals surface area contributed by atoms with Gasteiger partial charge in [0.1, 0.15) is 11.3 Å². The predicted octanol–water partition coefficient (Wildman–Crippen LogP) is 2.95. The molecular formula is C15H20ClN3O. The van der Waals surface area contributed by atoms with Crippen molar-refractivity contribution in [2.24, 2.45) is 5.92 Å². The first-order valence-electron chi connectivity index (χ1n) is 7.19. The van der Waals surface area contributed by atoms with Gasteiger partial charge in [-0.3, -0.25) is 0 Å². The summed E-state index contributed by atoms with van der Waals surface area (Å²) in [5.74, 6) is 2.15. The molecule has 2 aromatic rings. The fourth-order valence-electron chi connectivity index (χ4n) is 2.90. The minimum absolute atomic E-state index is 0.307. The average Bonchev–Trinajstić information content (AvgIpc) is 2.98. The smallest absolute Gasteiger partial charge is 0.160 e.